The molecule has 1 fully saturated rings. The highest BCUT2D eigenvalue weighted by Crippen LogP contribution is 2.31. The molecule has 1 aliphatic rings. The highest BCUT2D eigenvalue weighted by atomic mass is 32.1. The first-order valence-electron chi connectivity index (χ1n) is 5.38. The molecule has 0 aromatic carbocycles. The molecule has 0 radical (unpaired) electrons. The summed E-state index contributed by atoms with van der Waals surface area (Å²) in [7, 11) is 0. The molecule has 1 unspecified atom stereocenters. The summed E-state index contributed by atoms with van der Waals surface area (Å²) in [5, 5.41) is 2.14. The second-order valence-corrected chi connectivity index (χ2v) is 5.11. The number of hydrogen-bond donors (Lipinski definition) is 2. The minimum Gasteiger partial charge on any atom is -0.271 e. The summed E-state index contributed by atoms with van der Waals surface area (Å²) in [5.74, 6) is 6.41. The van der Waals surface area contributed by atoms with E-state index in [4.69, 9.17) is 5.84 Å². The van der Waals surface area contributed by atoms with Crippen LogP contribution in [0.2, 0.25) is 0 Å². The van der Waals surface area contributed by atoms with Crippen molar-refractivity contribution in [3.05, 3.63) is 22.4 Å². The Morgan fingerprint density at radius 2 is 2.43 bits per heavy atom. The molecule has 0 spiro atoms. The van der Waals surface area contributed by atoms with Crippen LogP contribution < -0.4 is 11.3 Å². The maximum Gasteiger partial charge on any atom is 0.0242 e. The van der Waals surface area contributed by atoms with Crippen molar-refractivity contribution in [3.8, 4) is 0 Å². The molecule has 0 amide bonds. The van der Waals surface area contributed by atoms with Crippen LogP contribution in [0.1, 0.15) is 30.6 Å². The third-order valence-corrected chi connectivity index (χ3v) is 4.15. The quantitative estimate of drug-likeness (QED) is 0.578. The van der Waals surface area contributed by atoms with E-state index in [0.29, 0.717) is 6.04 Å². The molecule has 3 heteroatoms. The molecule has 78 valence electrons. The summed E-state index contributed by atoms with van der Waals surface area (Å²) in [6.07, 6.45) is 6.46. The van der Waals surface area contributed by atoms with Crippen molar-refractivity contribution in [2.24, 2.45) is 11.8 Å². The predicted molar refractivity (Wildman–Crippen MR) is 61.1 cm³/mol. The monoisotopic (exact) mass is 210 g/mol. The topological polar surface area (TPSA) is 38.0 Å². The molecule has 1 aromatic rings. The van der Waals surface area contributed by atoms with E-state index in [1.807, 2.05) is 11.3 Å². The zero-order chi connectivity index (χ0) is 9.80. The molecule has 0 aliphatic heterocycles. The number of nitrogens with one attached hydrogen (secondary N) is 1. The fourth-order valence-corrected chi connectivity index (χ4v) is 2.77. The lowest BCUT2D eigenvalue weighted by molar-refractivity contribution is 0.221. The van der Waals surface area contributed by atoms with E-state index >= 15 is 0 Å². The SMILES string of the molecule is NNC(CCc1cccs1)C1CCC1. The molecule has 0 saturated heterocycles. The largest absolute Gasteiger partial charge is 0.271 e. The van der Waals surface area contributed by atoms with Gasteiger partial charge in [0, 0.05) is 10.9 Å². The lowest BCUT2D eigenvalue weighted by atomic mass is 9.78. The van der Waals surface area contributed by atoms with Gasteiger partial charge in [-0.05, 0) is 43.0 Å². The lowest BCUT2D eigenvalue weighted by Gasteiger charge is -2.33. The van der Waals surface area contributed by atoms with Crippen molar-refractivity contribution in [3.63, 3.8) is 0 Å². The molecule has 2 rings (SSSR count). The molecule has 1 saturated carbocycles. The van der Waals surface area contributed by atoms with Crippen molar-refractivity contribution >= 4 is 11.3 Å². The van der Waals surface area contributed by atoms with E-state index in [9.17, 15) is 0 Å². The Morgan fingerprint density at radius 3 is 2.93 bits per heavy atom. The van der Waals surface area contributed by atoms with Gasteiger partial charge in [-0.3, -0.25) is 11.3 Å². The van der Waals surface area contributed by atoms with Crippen molar-refractivity contribution in [1.29, 1.82) is 0 Å². The van der Waals surface area contributed by atoms with Gasteiger partial charge in [0.25, 0.3) is 0 Å². The van der Waals surface area contributed by atoms with Gasteiger partial charge in [-0.15, -0.1) is 11.3 Å². The molecule has 2 nitrogen and oxygen atoms in total. The molecular formula is C11H18N2S. The van der Waals surface area contributed by atoms with E-state index < -0.39 is 0 Å². The van der Waals surface area contributed by atoms with Crippen LogP contribution in [-0.4, -0.2) is 6.04 Å². The van der Waals surface area contributed by atoms with Gasteiger partial charge in [0.2, 0.25) is 0 Å². The molecule has 14 heavy (non-hydrogen) atoms. The second kappa shape index (κ2) is 4.91. The lowest BCUT2D eigenvalue weighted by Crippen LogP contribution is -2.43. The summed E-state index contributed by atoms with van der Waals surface area (Å²) in [6, 6.07) is 4.86. The van der Waals surface area contributed by atoms with Crippen molar-refractivity contribution in [2.45, 2.75) is 38.1 Å². The predicted octanol–water partition coefficient (Wildman–Crippen LogP) is 2.31. The maximum absolute atomic E-state index is 5.58. The van der Waals surface area contributed by atoms with Crippen LogP contribution in [0.4, 0.5) is 0 Å². The van der Waals surface area contributed by atoms with Gasteiger partial charge in [0.05, 0.1) is 0 Å². The van der Waals surface area contributed by atoms with Crippen LogP contribution >= 0.6 is 11.3 Å². The van der Waals surface area contributed by atoms with E-state index in [0.717, 1.165) is 5.92 Å². The van der Waals surface area contributed by atoms with Crippen molar-refractivity contribution < 1.29 is 0 Å². The van der Waals surface area contributed by atoms with E-state index in [-0.39, 0.29) is 0 Å². The number of thiophene rings is 1. The Kier molecular flexibility index (Phi) is 3.56. The average molecular weight is 210 g/mol. The van der Waals surface area contributed by atoms with E-state index in [1.54, 1.807) is 0 Å². The van der Waals surface area contributed by atoms with Gasteiger partial charge < -0.3 is 0 Å². The van der Waals surface area contributed by atoms with Crippen molar-refractivity contribution in [1.82, 2.24) is 5.43 Å². The molecule has 1 aromatic heterocycles. The van der Waals surface area contributed by atoms with Crippen LogP contribution in [0.15, 0.2) is 17.5 Å². The molecular weight excluding hydrogens is 192 g/mol. The molecule has 1 heterocycles. The van der Waals surface area contributed by atoms with Crippen LogP contribution in [0.25, 0.3) is 0 Å². The summed E-state index contributed by atoms with van der Waals surface area (Å²) in [6.45, 7) is 0. The Hall–Kier alpha value is -0.380. The van der Waals surface area contributed by atoms with Crippen LogP contribution in [0, 0.1) is 5.92 Å². The molecule has 1 atom stereocenters. The van der Waals surface area contributed by atoms with Crippen LogP contribution in [0.3, 0.4) is 0 Å². The van der Waals surface area contributed by atoms with E-state index in [1.165, 1.54) is 37.0 Å². The van der Waals surface area contributed by atoms with Gasteiger partial charge in [-0.25, -0.2) is 0 Å². The Balaban J connectivity index is 1.77. The Morgan fingerprint density at radius 1 is 1.57 bits per heavy atom. The first-order valence-corrected chi connectivity index (χ1v) is 6.26. The van der Waals surface area contributed by atoms with Gasteiger partial charge in [-0.1, -0.05) is 12.5 Å². The summed E-state index contributed by atoms with van der Waals surface area (Å²) in [4.78, 5) is 1.48. The van der Waals surface area contributed by atoms with E-state index in [2.05, 4.69) is 22.9 Å². The standard InChI is InChI=1S/C11H18N2S/c12-13-11(9-3-1-4-9)7-6-10-5-2-8-14-10/h2,5,8-9,11,13H,1,3-4,6-7,12H2. The number of hydrogen-bond acceptors (Lipinski definition) is 3. The second-order valence-electron chi connectivity index (χ2n) is 4.08. The van der Waals surface area contributed by atoms with Gasteiger partial charge >= 0.3 is 0 Å². The minimum absolute atomic E-state index is 0.533. The zero-order valence-corrected chi connectivity index (χ0v) is 9.22. The third kappa shape index (κ3) is 2.35. The van der Waals surface area contributed by atoms with Gasteiger partial charge in [0.15, 0.2) is 0 Å². The highest BCUT2D eigenvalue weighted by Gasteiger charge is 2.25. The number of hydrazine groups is 1. The number of nitrogens with two attached hydrogens (primary N) is 1. The van der Waals surface area contributed by atoms with Gasteiger partial charge in [0.1, 0.15) is 0 Å². The Bertz CT molecular complexity index is 254. The average Bonchev–Trinajstić information content (AvgIpc) is 2.61. The zero-order valence-electron chi connectivity index (χ0n) is 8.41. The summed E-state index contributed by atoms with van der Waals surface area (Å²) >= 11 is 1.84. The normalized spacial score (nSPS) is 19.2. The summed E-state index contributed by atoms with van der Waals surface area (Å²) < 4.78 is 0. The molecule has 3 N–H and O–H groups in total. The maximum atomic E-state index is 5.58. The first kappa shape index (κ1) is 10.1. The fourth-order valence-electron chi connectivity index (χ4n) is 2.05. The smallest absolute Gasteiger partial charge is 0.0242 e. The molecule has 0 bridgehead atoms. The van der Waals surface area contributed by atoms with Crippen LogP contribution in [0.5, 0.6) is 0 Å². The minimum atomic E-state index is 0.533. The highest BCUT2D eigenvalue weighted by molar-refractivity contribution is 7.09. The van der Waals surface area contributed by atoms with Crippen molar-refractivity contribution in [2.75, 3.05) is 0 Å². The number of aryl methyl sites for hydroxylation is 1. The summed E-state index contributed by atoms with van der Waals surface area (Å²) in [5.41, 5.74) is 2.97. The molecule has 1 aliphatic carbocycles. The fraction of sp³-hybridized carbons (Fsp3) is 0.636. The number of rotatable bonds is 5. The van der Waals surface area contributed by atoms with Crippen LogP contribution in [-0.2, 0) is 6.42 Å². The first-order chi connectivity index (χ1) is 6.90. The van der Waals surface area contributed by atoms with Gasteiger partial charge in [-0.2, -0.15) is 0 Å². The Labute approximate surface area is 89.5 Å². The third-order valence-electron chi connectivity index (χ3n) is 3.21.